The molecule has 1 aromatic carbocycles. The van der Waals surface area contributed by atoms with Crippen LogP contribution >= 0.6 is 0 Å². The first-order valence-electron chi connectivity index (χ1n) is 10.1. The molecular weight excluding hydrogens is 338 g/mol. The summed E-state index contributed by atoms with van der Waals surface area (Å²) in [5.41, 5.74) is 4.99. The highest BCUT2D eigenvalue weighted by Gasteiger charge is 2.34. The van der Waals surface area contributed by atoms with Gasteiger partial charge in [0.1, 0.15) is 6.04 Å². The lowest BCUT2D eigenvalue weighted by Crippen LogP contribution is -2.45. The van der Waals surface area contributed by atoms with Gasteiger partial charge in [0.15, 0.2) is 0 Å². The Labute approximate surface area is 160 Å². The third-order valence-corrected chi connectivity index (χ3v) is 6.38. The van der Waals surface area contributed by atoms with Gasteiger partial charge in [0.2, 0.25) is 5.91 Å². The van der Waals surface area contributed by atoms with Gasteiger partial charge < -0.3 is 15.2 Å². The number of aromatic nitrogens is 2. The van der Waals surface area contributed by atoms with Crippen LogP contribution in [0.15, 0.2) is 30.6 Å². The fraction of sp³-hybridized carbons (Fsp3) is 0.524. The maximum atomic E-state index is 13.2. The Bertz CT molecular complexity index is 806. The van der Waals surface area contributed by atoms with Crippen LogP contribution in [-0.4, -0.2) is 64.4 Å². The number of hydrogen-bond donors (Lipinski definition) is 2. The Balaban J connectivity index is 1.24. The standard InChI is InChI=1S/C21H27N5O/c27-21(20-19-18(6-7-22-20)23-14-24-19)26-9-3-8-25(10-11-26)17-12-15-4-1-2-5-16(15)13-17/h1-2,4-5,14,17,20,22H,3,6-13H2,(H,23,24). The molecule has 3 heterocycles. The molecule has 6 heteroatoms. The molecule has 0 radical (unpaired) electrons. The zero-order valence-corrected chi connectivity index (χ0v) is 15.7. The average molecular weight is 365 g/mol. The van der Waals surface area contributed by atoms with Crippen LogP contribution in [0.2, 0.25) is 0 Å². The molecule has 1 amide bonds. The van der Waals surface area contributed by atoms with E-state index in [9.17, 15) is 4.79 Å². The highest BCUT2D eigenvalue weighted by atomic mass is 16.2. The fourth-order valence-electron chi connectivity index (χ4n) is 4.92. The van der Waals surface area contributed by atoms with Crippen molar-refractivity contribution >= 4 is 5.91 Å². The first kappa shape index (κ1) is 17.0. The molecule has 2 N–H and O–H groups in total. The summed E-state index contributed by atoms with van der Waals surface area (Å²) in [6, 6.07) is 9.11. The van der Waals surface area contributed by atoms with Crippen molar-refractivity contribution in [3.63, 3.8) is 0 Å². The number of imidazole rings is 1. The highest BCUT2D eigenvalue weighted by Crippen LogP contribution is 2.27. The van der Waals surface area contributed by atoms with E-state index in [0.29, 0.717) is 6.04 Å². The molecule has 1 fully saturated rings. The summed E-state index contributed by atoms with van der Waals surface area (Å²) in [7, 11) is 0. The summed E-state index contributed by atoms with van der Waals surface area (Å²) in [4.78, 5) is 25.4. The molecule has 1 saturated heterocycles. The topological polar surface area (TPSA) is 64.3 Å². The quantitative estimate of drug-likeness (QED) is 0.842. The van der Waals surface area contributed by atoms with Crippen LogP contribution < -0.4 is 5.32 Å². The molecule has 2 aromatic rings. The van der Waals surface area contributed by atoms with Crippen LogP contribution in [-0.2, 0) is 24.1 Å². The van der Waals surface area contributed by atoms with Gasteiger partial charge in [-0.05, 0) is 30.4 Å². The number of aromatic amines is 1. The van der Waals surface area contributed by atoms with Crippen molar-refractivity contribution in [3.8, 4) is 0 Å². The van der Waals surface area contributed by atoms with Crippen LogP contribution in [0.25, 0.3) is 0 Å². The molecule has 142 valence electrons. The smallest absolute Gasteiger partial charge is 0.246 e. The molecule has 27 heavy (non-hydrogen) atoms. The van der Waals surface area contributed by atoms with Gasteiger partial charge in [0.05, 0.1) is 12.0 Å². The van der Waals surface area contributed by atoms with Crippen molar-refractivity contribution in [1.29, 1.82) is 0 Å². The van der Waals surface area contributed by atoms with Gasteiger partial charge in [-0.15, -0.1) is 0 Å². The van der Waals surface area contributed by atoms with Crippen LogP contribution in [0, 0.1) is 0 Å². The number of carbonyl (C=O) groups excluding carboxylic acids is 1. The van der Waals surface area contributed by atoms with E-state index in [-0.39, 0.29) is 11.9 Å². The summed E-state index contributed by atoms with van der Waals surface area (Å²) in [6.07, 6.45) is 5.95. The van der Waals surface area contributed by atoms with Crippen molar-refractivity contribution in [2.75, 3.05) is 32.7 Å². The second-order valence-corrected chi connectivity index (χ2v) is 7.95. The SMILES string of the molecule is O=C(C1NCCc2[nH]cnc21)N1CCCN(C2Cc3ccccc3C2)CC1. The zero-order valence-electron chi connectivity index (χ0n) is 15.7. The molecule has 1 atom stereocenters. The minimum atomic E-state index is -0.290. The molecule has 0 saturated carbocycles. The van der Waals surface area contributed by atoms with Crippen LogP contribution in [0.5, 0.6) is 0 Å². The molecule has 5 rings (SSSR count). The highest BCUT2D eigenvalue weighted by molar-refractivity contribution is 5.83. The van der Waals surface area contributed by atoms with Gasteiger partial charge in [0.25, 0.3) is 0 Å². The summed E-state index contributed by atoms with van der Waals surface area (Å²) in [5.74, 6) is 0.180. The normalized spacial score (nSPS) is 23.7. The number of H-pyrrole nitrogens is 1. The third-order valence-electron chi connectivity index (χ3n) is 6.38. The third kappa shape index (κ3) is 3.17. The summed E-state index contributed by atoms with van der Waals surface area (Å²) < 4.78 is 0. The van der Waals surface area contributed by atoms with Gasteiger partial charge in [-0.3, -0.25) is 9.69 Å². The van der Waals surface area contributed by atoms with E-state index in [4.69, 9.17) is 0 Å². The van der Waals surface area contributed by atoms with Gasteiger partial charge >= 0.3 is 0 Å². The van der Waals surface area contributed by atoms with Gasteiger partial charge in [-0.25, -0.2) is 4.98 Å². The number of hydrogen-bond acceptors (Lipinski definition) is 4. The molecule has 1 unspecified atom stereocenters. The predicted octanol–water partition coefficient (Wildman–Crippen LogP) is 1.30. The van der Waals surface area contributed by atoms with E-state index < -0.39 is 0 Å². The summed E-state index contributed by atoms with van der Waals surface area (Å²) in [6.45, 7) is 4.52. The van der Waals surface area contributed by atoms with E-state index in [1.807, 2.05) is 4.90 Å². The first-order valence-corrected chi connectivity index (χ1v) is 10.1. The Morgan fingerprint density at radius 2 is 1.89 bits per heavy atom. The molecule has 3 aliphatic rings. The van der Waals surface area contributed by atoms with E-state index in [2.05, 4.69) is 44.5 Å². The second-order valence-electron chi connectivity index (χ2n) is 7.95. The fourth-order valence-corrected chi connectivity index (χ4v) is 4.92. The van der Waals surface area contributed by atoms with E-state index in [1.54, 1.807) is 6.33 Å². The van der Waals surface area contributed by atoms with Crippen LogP contribution in [0.1, 0.15) is 35.0 Å². The number of nitrogens with one attached hydrogen (secondary N) is 2. The monoisotopic (exact) mass is 365 g/mol. The molecule has 2 aliphatic heterocycles. The Hall–Kier alpha value is -2.18. The lowest BCUT2D eigenvalue weighted by Gasteiger charge is -2.30. The number of nitrogens with zero attached hydrogens (tertiary/aromatic N) is 3. The number of benzene rings is 1. The Kier molecular flexibility index (Phi) is 4.45. The molecular formula is C21H27N5O. The van der Waals surface area contributed by atoms with E-state index in [1.165, 1.54) is 11.1 Å². The van der Waals surface area contributed by atoms with Gasteiger partial charge in [0, 0.05) is 50.9 Å². The molecule has 1 aromatic heterocycles. The van der Waals surface area contributed by atoms with Crippen molar-refractivity contribution in [3.05, 3.63) is 53.1 Å². The average Bonchev–Trinajstić information content (AvgIpc) is 3.28. The molecule has 0 bridgehead atoms. The lowest BCUT2D eigenvalue weighted by atomic mass is 10.0. The van der Waals surface area contributed by atoms with E-state index in [0.717, 1.165) is 69.8 Å². The van der Waals surface area contributed by atoms with Gasteiger partial charge in [-0.1, -0.05) is 24.3 Å². The van der Waals surface area contributed by atoms with Crippen molar-refractivity contribution < 1.29 is 4.79 Å². The van der Waals surface area contributed by atoms with Crippen molar-refractivity contribution in [2.45, 2.75) is 37.8 Å². The molecule has 6 nitrogen and oxygen atoms in total. The van der Waals surface area contributed by atoms with Crippen molar-refractivity contribution in [2.24, 2.45) is 0 Å². The summed E-state index contributed by atoms with van der Waals surface area (Å²) >= 11 is 0. The maximum absolute atomic E-state index is 13.2. The Morgan fingerprint density at radius 1 is 1.07 bits per heavy atom. The van der Waals surface area contributed by atoms with E-state index >= 15 is 0 Å². The minimum absolute atomic E-state index is 0.180. The molecule has 0 spiro atoms. The minimum Gasteiger partial charge on any atom is -0.348 e. The first-order chi connectivity index (χ1) is 13.3. The number of fused-ring (bicyclic) bond motifs is 2. The zero-order chi connectivity index (χ0) is 18.2. The number of carbonyl (C=O) groups is 1. The molecule has 1 aliphatic carbocycles. The maximum Gasteiger partial charge on any atom is 0.246 e. The number of rotatable bonds is 2. The number of amides is 1. The largest absolute Gasteiger partial charge is 0.348 e. The second kappa shape index (κ2) is 7.09. The van der Waals surface area contributed by atoms with Crippen molar-refractivity contribution in [1.82, 2.24) is 25.1 Å². The van der Waals surface area contributed by atoms with Crippen LogP contribution in [0.3, 0.4) is 0 Å². The van der Waals surface area contributed by atoms with Gasteiger partial charge in [-0.2, -0.15) is 0 Å². The summed E-state index contributed by atoms with van der Waals surface area (Å²) in [5, 5.41) is 3.37. The van der Waals surface area contributed by atoms with Crippen LogP contribution in [0.4, 0.5) is 0 Å². The Morgan fingerprint density at radius 3 is 2.70 bits per heavy atom. The lowest BCUT2D eigenvalue weighted by molar-refractivity contribution is -0.133. The predicted molar refractivity (Wildman–Crippen MR) is 103 cm³/mol.